The van der Waals surface area contributed by atoms with Crippen molar-refractivity contribution in [2.45, 2.75) is 51.7 Å². The zero-order valence-electron chi connectivity index (χ0n) is 11.9. The minimum absolute atomic E-state index is 0.153. The van der Waals surface area contributed by atoms with Crippen LogP contribution < -0.4 is 15.8 Å². The van der Waals surface area contributed by atoms with Crippen molar-refractivity contribution in [3.63, 3.8) is 0 Å². The van der Waals surface area contributed by atoms with Gasteiger partial charge in [-0.25, -0.2) is 0 Å². The molecule has 0 radical (unpaired) electrons. The Hall–Kier alpha value is -1.38. The van der Waals surface area contributed by atoms with Crippen LogP contribution in [0, 0.1) is 11.8 Å². The summed E-state index contributed by atoms with van der Waals surface area (Å²) >= 11 is 0. The molecule has 3 heteroatoms. The van der Waals surface area contributed by atoms with Crippen molar-refractivity contribution in [2.75, 3.05) is 11.1 Å². The first kappa shape index (κ1) is 12.6. The van der Waals surface area contributed by atoms with Gasteiger partial charge in [-0.1, -0.05) is 12.5 Å². The highest BCUT2D eigenvalue weighted by molar-refractivity contribution is 5.73. The standard InChI is InChI=1S/C16H24N2O/c1-10(2)19-15-5-3-4-13(16(15)17)18-14-9-11-6-7-12(14)8-11/h3-5,10-12,14,18H,6-9,17H2,1-2H3. The average molecular weight is 260 g/mol. The Morgan fingerprint density at radius 2 is 2.11 bits per heavy atom. The second kappa shape index (κ2) is 4.95. The Balaban J connectivity index is 1.74. The third-order valence-electron chi connectivity index (χ3n) is 4.51. The number of anilines is 2. The zero-order valence-corrected chi connectivity index (χ0v) is 11.9. The van der Waals surface area contributed by atoms with Crippen LogP contribution in [0.5, 0.6) is 5.75 Å². The van der Waals surface area contributed by atoms with Crippen molar-refractivity contribution in [1.82, 2.24) is 0 Å². The van der Waals surface area contributed by atoms with Gasteiger partial charge in [0.2, 0.25) is 0 Å². The number of nitrogens with two attached hydrogens (primary N) is 1. The lowest BCUT2D eigenvalue weighted by Crippen LogP contribution is -2.26. The molecule has 2 fully saturated rings. The van der Waals surface area contributed by atoms with E-state index < -0.39 is 0 Å². The molecule has 3 N–H and O–H groups in total. The van der Waals surface area contributed by atoms with E-state index in [4.69, 9.17) is 10.5 Å². The Bertz CT molecular complexity index is 458. The molecule has 104 valence electrons. The summed E-state index contributed by atoms with van der Waals surface area (Å²) in [6, 6.07) is 6.63. The first-order valence-electron chi connectivity index (χ1n) is 7.45. The normalized spacial score (nSPS) is 28.9. The summed E-state index contributed by atoms with van der Waals surface area (Å²) in [5.41, 5.74) is 8.01. The van der Waals surface area contributed by atoms with Crippen LogP contribution in [0.25, 0.3) is 0 Å². The molecule has 0 spiro atoms. The van der Waals surface area contributed by atoms with Gasteiger partial charge in [0.05, 0.1) is 17.5 Å². The monoisotopic (exact) mass is 260 g/mol. The van der Waals surface area contributed by atoms with Crippen molar-refractivity contribution in [3.8, 4) is 5.75 Å². The van der Waals surface area contributed by atoms with E-state index in [0.29, 0.717) is 6.04 Å². The second-order valence-corrected chi connectivity index (χ2v) is 6.31. The lowest BCUT2D eigenvalue weighted by Gasteiger charge is -2.25. The molecule has 0 saturated heterocycles. The van der Waals surface area contributed by atoms with Crippen LogP contribution in [0.1, 0.15) is 39.5 Å². The molecule has 3 nitrogen and oxygen atoms in total. The minimum atomic E-state index is 0.153. The Labute approximate surface area is 115 Å². The van der Waals surface area contributed by atoms with Gasteiger partial charge in [0.15, 0.2) is 0 Å². The molecular weight excluding hydrogens is 236 g/mol. The van der Waals surface area contributed by atoms with Gasteiger partial charge in [-0.2, -0.15) is 0 Å². The molecule has 3 unspecified atom stereocenters. The first-order valence-corrected chi connectivity index (χ1v) is 7.45. The van der Waals surface area contributed by atoms with Gasteiger partial charge < -0.3 is 15.8 Å². The van der Waals surface area contributed by atoms with E-state index in [1.54, 1.807) is 0 Å². The first-order chi connectivity index (χ1) is 9.13. The molecule has 2 aliphatic carbocycles. The number of benzene rings is 1. The van der Waals surface area contributed by atoms with Crippen molar-refractivity contribution >= 4 is 11.4 Å². The van der Waals surface area contributed by atoms with Gasteiger partial charge in [0, 0.05) is 6.04 Å². The highest BCUT2D eigenvalue weighted by atomic mass is 16.5. The van der Waals surface area contributed by atoms with Crippen LogP contribution in [0.3, 0.4) is 0 Å². The predicted octanol–water partition coefficient (Wildman–Crippen LogP) is 3.66. The molecule has 0 heterocycles. The number of ether oxygens (including phenoxy) is 1. The van der Waals surface area contributed by atoms with Gasteiger partial charge in [-0.05, 0) is 57.1 Å². The van der Waals surface area contributed by atoms with Crippen LogP contribution in [0.4, 0.5) is 11.4 Å². The highest BCUT2D eigenvalue weighted by Gasteiger charge is 2.39. The average Bonchev–Trinajstić information content (AvgIpc) is 2.96. The summed E-state index contributed by atoms with van der Waals surface area (Å²) in [5.74, 6) is 2.58. The van der Waals surface area contributed by atoms with Gasteiger partial charge in [-0.15, -0.1) is 0 Å². The summed E-state index contributed by atoms with van der Waals surface area (Å²) in [5, 5.41) is 3.65. The quantitative estimate of drug-likeness (QED) is 0.812. The Morgan fingerprint density at radius 1 is 1.26 bits per heavy atom. The Morgan fingerprint density at radius 3 is 2.74 bits per heavy atom. The summed E-state index contributed by atoms with van der Waals surface area (Å²) in [7, 11) is 0. The van der Waals surface area contributed by atoms with Crippen LogP contribution >= 0.6 is 0 Å². The number of nitrogens with one attached hydrogen (secondary N) is 1. The molecular formula is C16H24N2O. The molecule has 0 amide bonds. The van der Waals surface area contributed by atoms with Crippen LogP contribution in [-0.4, -0.2) is 12.1 Å². The third kappa shape index (κ3) is 2.51. The minimum Gasteiger partial charge on any atom is -0.489 e. The topological polar surface area (TPSA) is 47.3 Å². The van der Waals surface area contributed by atoms with Gasteiger partial charge in [-0.3, -0.25) is 0 Å². The van der Waals surface area contributed by atoms with E-state index in [1.807, 2.05) is 26.0 Å². The van der Waals surface area contributed by atoms with Gasteiger partial charge in [0.1, 0.15) is 5.75 Å². The molecule has 2 saturated carbocycles. The highest BCUT2D eigenvalue weighted by Crippen LogP contribution is 2.46. The fourth-order valence-corrected chi connectivity index (χ4v) is 3.65. The number of fused-ring (bicyclic) bond motifs is 2. The summed E-state index contributed by atoms with van der Waals surface area (Å²) < 4.78 is 5.75. The van der Waals surface area contributed by atoms with E-state index in [9.17, 15) is 0 Å². The van der Waals surface area contributed by atoms with Crippen LogP contribution in [-0.2, 0) is 0 Å². The maximum Gasteiger partial charge on any atom is 0.144 e. The van der Waals surface area contributed by atoms with Gasteiger partial charge >= 0.3 is 0 Å². The molecule has 1 aromatic rings. The maximum absolute atomic E-state index is 6.22. The smallest absolute Gasteiger partial charge is 0.144 e. The fourth-order valence-electron chi connectivity index (χ4n) is 3.65. The van der Waals surface area contributed by atoms with Crippen LogP contribution in [0.2, 0.25) is 0 Å². The zero-order chi connectivity index (χ0) is 13.4. The fraction of sp³-hybridized carbons (Fsp3) is 0.625. The number of rotatable bonds is 4. The number of hydrogen-bond acceptors (Lipinski definition) is 3. The van der Waals surface area contributed by atoms with E-state index in [0.717, 1.165) is 29.0 Å². The van der Waals surface area contributed by atoms with E-state index in [2.05, 4.69) is 11.4 Å². The predicted molar refractivity (Wildman–Crippen MR) is 79.5 cm³/mol. The number of hydrogen-bond donors (Lipinski definition) is 2. The van der Waals surface area contributed by atoms with E-state index in [1.165, 1.54) is 25.7 Å². The lowest BCUT2D eigenvalue weighted by atomic mass is 9.95. The largest absolute Gasteiger partial charge is 0.489 e. The van der Waals surface area contributed by atoms with Gasteiger partial charge in [0.25, 0.3) is 0 Å². The molecule has 3 atom stereocenters. The molecule has 19 heavy (non-hydrogen) atoms. The molecule has 3 rings (SSSR count). The maximum atomic E-state index is 6.22. The molecule has 0 aromatic heterocycles. The van der Waals surface area contributed by atoms with E-state index >= 15 is 0 Å². The van der Waals surface area contributed by atoms with E-state index in [-0.39, 0.29) is 6.10 Å². The van der Waals surface area contributed by atoms with Crippen LogP contribution in [0.15, 0.2) is 18.2 Å². The summed E-state index contributed by atoms with van der Waals surface area (Å²) in [6.45, 7) is 4.05. The SMILES string of the molecule is CC(C)Oc1cccc(NC2CC3CCC2C3)c1N. The third-order valence-corrected chi connectivity index (χ3v) is 4.51. The molecule has 1 aromatic carbocycles. The summed E-state index contributed by atoms with van der Waals surface area (Å²) in [4.78, 5) is 0. The van der Waals surface area contributed by atoms with Crippen molar-refractivity contribution in [3.05, 3.63) is 18.2 Å². The number of nitrogen functional groups attached to an aromatic ring is 1. The lowest BCUT2D eigenvalue weighted by molar-refractivity contribution is 0.244. The van der Waals surface area contributed by atoms with Crippen molar-refractivity contribution in [1.29, 1.82) is 0 Å². The van der Waals surface area contributed by atoms with Crippen molar-refractivity contribution < 1.29 is 4.74 Å². The second-order valence-electron chi connectivity index (χ2n) is 6.31. The molecule has 0 aliphatic heterocycles. The molecule has 2 aliphatic rings. The number of para-hydroxylation sites is 1. The Kier molecular flexibility index (Phi) is 3.29. The summed E-state index contributed by atoms with van der Waals surface area (Å²) in [6.07, 6.45) is 5.67. The molecule has 2 bridgehead atoms. The van der Waals surface area contributed by atoms with Crippen molar-refractivity contribution in [2.24, 2.45) is 11.8 Å².